The molecule has 0 saturated heterocycles. The Bertz CT molecular complexity index is 4220. The number of carbonyl (C=O) groups excluding carboxylic acids is 18. The Hall–Kier alpha value is -11.0. The van der Waals surface area contributed by atoms with Crippen LogP contribution in [0.1, 0.15) is 265 Å². The standard InChI is InChI=1S/C95H169N25O18/c1-51(2)43-71(118-84(127)65(101)32-21-26-38-96)90(133)108-62(18)83(126)117-77(49-63-50-103-66-33-20-19-31-64(63)66)95(138)113-70(37-25-30-42-100)88(131)120-73(45-53(5)6)91(134)109-61(17)82(125)116-75(47-55(9)10)93(136)111-68(35-23-28-40-98)86(129)107-60(16)81(124)115-74(46-54(7)8)92(135)110-67(34-22-27-39-97)85(128)106-58(14)79(122)105-59(15)80(123)114-76(48-56(11)12)94(137)112-69(36-24-29-41-99)87(130)119-72(44-52(3)4)89(132)104-57(13)78(102)121/h19-20,31,33,50-62,65,67-77,103H,21-30,32,34-49,96-101H2,1-18H3,(H2,102,121)(H,104,132)(H,105,122)(H,106,128)(H,107,129)(H,108,133)(H,109,134)(H,110,135)(H,111,136)(H,112,137)(H,113,138)(H,114,123)(H,115,124)(H,116,125)(H,117,126)(H,118,127)(H,119,130)(H,120,131)/t57-,58-,59-,60-,61-,62-,65-,67-,68-,69-,70-,71-,72-,73-,74-,75-,76-,77-/m0/s1. The van der Waals surface area contributed by atoms with E-state index in [1.54, 1.807) is 67.7 Å². The quantitative estimate of drug-likeness (QED) is 0.0346. The van der Waals surface area contributed by atoms with Crippen molar-refractivity contribution in [2.45, 2.75) is 375 Å². The van der Waals surface area contributed by atoms with E-state index in [0.717, 1.165) is 10.9 Å². The van der Waals surface area contributed by atoms with Crippen molar-refractivity contribution in [3.05, 3.63) is 36.0 Å². The molecule has 2 aromatic rings. The van der Waals surface area contributed by atoms with Gasteiger partial charge in [-0.05, 0) is 250 Å². The zero-order valence-electron chi connectivity index (χ0n) is 84.7. The van der Waals surface area contributed by atoms with E-state index < -0.39 is 215 Å². The van der Waals surface area contributed by atoms with Gasteiger partial charge in [0.25, 0.3) is 0 Å². The smallest absolute Gasteiger partial charge is 0.243 e. The lowest BCUT2D eigenvalue weighted by molar-refractivity contribution is -0.136. The molecular weight excluding hydrogens is 1780 g/mol. The summed E-state index contributed by atoms with van der Waals surface area (Å²) in [5, 5.41) is 46.4. The number of aromatic nitrogens is 1. The number of primary amides is 1. The maximum Gasteiger partial charge on any atom is 0.243 e. The number of fused-ring (bicyclic) bond motifs is 1. The molecule has 18 atom stereocenters. The fraction of sp³-hybridized carbons (Fsp3) is 0.726. The third-order valence-electron chi connectivity index (χ3n) is 22.9. The van der Waals surface area contributed by atoms with Crippen LogP contribution < -0.4 is 131 Å². The molecule has 0 aliphatic carbocycles. The van der Waals surface area contributed by atoms with E-state index in [1.165, 1.54) is 41.5 Å². The molecule has 0 unspecified atom stereocenters. The molecule has 32 N–H and O–H groups in total. The fourth-order valence-corrected chi connectivity index (χ4v) is 15.0. The number of hydrogen-bond donors (Lipinski definition) is 25. The van der Waals surface area contributed by atoms with Gasteiger partial charge in [0, 0.05) is 23.5 Å². The van der Waals surface area contributed by atoms with E-state index in [9.17, 15) is 86.3 Å². The predicted octanol–water partition coefficient (Wildman–Crippen LogP) is -1.19. The zero-order valence-corrected chi connectivity index (χ0v) is 84.7. The van der Waals surface area contributed by atoms with Gasteiger partial charge in [-0.1, -0.05) is 108 Å². The Morgan fingerprint density at radius 2 is 0.449 bits per heavy atom. The summed E-state index contributed by atoms with van der Waals surface area (Å²) >= 11 is 0. The molecule has 43 heteroatoms. The summed E-state index contributed by atoms with van der Waals surface area (Å²) in [5.74, 6) is -14.9. The molecule has 0 aliphatic heterocycles. The lowest BCUT2D eigenvalue weighted by Gasteiger charge is -2.28. The molecule has 0 aliphatic rings. The van der Waals surface area contributed by atoms with Crippen LogP contribution in [-0.4, -0.2) is 253 Å². The minimum absolute atomic E-state index is 0.00737. The van der Waals surface area contributed by atoms with Crippen molar-refractivity contribution < 1.29 is 86.3 Å². The summed E-state index contributed by atoms with van der Waals surface area (Å²) in [5.41, 5.74) is 41.9. The van der Waals surface area contributed by atoms with E-state index in [0.29, 0.717) is 82.7 Å². The normalized spacial score (nSPS) is 15.4. The van der Waals surface area contributed by atoms with Gasteiger partial charge in [0.1, 0.15) is 103 Å². The number of nitrogens with two attached hydrogens (primary N) is 7. The van der Waals surface area contributed by atoms with Gasteiger partial charge in [0.15, 0.2) is 0 Å². The molecular formula is C95H169N25O18. The number of carbonyl (C=O) groups is 18. The maximum absolute atomic E-state index is 14.8. The highest BCUT2D eigenvalue weighted by Crippen LogP contribution is 2.22. The van der Waals surface area contributed by atoms with Crippen LogP contribution in [0, 0.1) is 35.5 Å². The number of H-pyrrole nitrogens is 1. The highest BCUT2D eigenvalue weighted by Gasteiger charge is 2.39. The molecule has 2 rings (SSSR count). The van der Waals surface area contributed by atoms with Gasteiger partial charge in [-0.15, -0.1) is 0 Å². The van der Waals surface area contributed by atoms with E-state index in [4.69, 9.17) is 40.1 Å². The van der Waals surface area contributed by atoms with E-state index in [2.05, 4.69) is 95.4 Å². The van der Waals surface area contributed by atoms with Crippen molar-refractivity contribution in [2.75, 3.05) is 32.7 Å². The summed E-state index contributed by atoms with van der Waals surface area (Å²) in [6, 6.07) is -15.2. The highest BCUT2D eigenvalue weighted by molar-refractivity contribution is 6.02. The molecule has 0 spiro atoms. The Morgan fingerprint density at radius 1 is 0.246 bits per heavy atom. The zero-order chi connectivity index (χ0) is 104. The fourth-order valence-electron chi connectivity index (χ4n) is 15.0. The number of aromatic amines is 1. The van der Waals surface area contributed by atoms with Crippen LogP contribution >= 0.6 is 0 Å². The number of nitrogens with one attached hydrogen (secondary N) is 18. The maximum atomic E-state index is 14.8. The minimum Gasteiger partial charge on any atom is -0.368 e. The third-order valence-corrected chi connectivity index (χ3v) is 22.9. The minimum atomic E-state index is -1.37. The molecule has 0 fully saturated rings. The molecule has 43 nitrogen and oxygen atoms in total. The number of para-hydroxylation sites is 1. The molecule has 138 heavy (non-hydrogen) atoms. The summed E-state index contributed by atoms with van der Waals surface area (Å²) < 4.78 is 0. The van der Waals surface area contributed by atoms with Crippen LogP contribution in [0.25, 0.3) is 10.9 Å². The first-order valence-electron chi connectivity index (χ1n) is 49.2. The van der Waals surface area contributed by atoms with E-state index in [-0.39, 0.29) is 132 Å². The van der Waals surface area contributed by atoms with Crippen molar-refractivity contribution in [3.63, 3.8) is 0 Å². The lowest BCUT2D eigenvalue weighted by atomic mass is 10.00. The van der Waals surface area contributed by atoms with Gasteiger partial charge >= 0.3 is 0 Å². The van der Waals surface area contributed by atoms with Gasteiger partial charge in [0.05, 0.1) is 6.04 Å². The molecule has 0 bridgehead atoms. The van der Waals surface area contributed by atoms with Crippen molar-refractivity contribution in [2.24, 2.45) is 75.6 Å². The molecule has 1 aromatic heterocycles. The van der Waals surface area contributed by atoms with Crippen molar-refractivity contribution >= 4 is 117 Å². The van der Waals surface area contributed by atoms with Crippen LogP contribution in [0.4, 0.5) is 0 Å². The first kappa shape index (κ1) is 123. The highest BCUT2D eigenvalue weighted by atomic mass is 16.2. The first-order chi connectivity index (χ1) is 64.9. The van der Waals surface area contributed by atoms with Crippen LogP contribution in [0.15, 0.2) is 30.5 Å². The SMILES string of the molecule is CC(C)C[C@H](NC(=O)[C@H](C)NC(=O)[C@H](CCCCN)NC(=O)[C@H](CC(C)C)NC(=O)[C@H](C)NC(=O)[C@H](CC(C)C)NC(=O)[C@H](CCCCN)NC(=O)[C@H](Cc1c[nH]c2ccccc12)NC(=O)[C@H](C)NC(=O)[C@H](CC(C)C)NC(=O)[C@@H](N)CCCCN)C(=O)N[C@@H](CCCCN)C(=O)N[C@@H](C)C(=O)N[C@@H](C)C(=O)N[C@@H](CC(C)C)C(=O)N[C@@H](CCCCN)C(=O)N[C@@H](CC(C)C)C(=O)N[C@@H](C)C(N)=O. The largest absolute Gasteiger partial charge is 0.368 e. The second-order valence-electron chi connectivity index (χ2n) is 38.8. The van der Waals surface area contributed by atoms with Crippen molar-refractivity contribution in [3.8, 4) is 0 Å². The van der Waals surface area contributed by atoms with Gasteiger partial charge in [-0.2, -0.15) is 0 Å². The van der Waals surface area contributed by atoms with Gasteiger partial charge in [0.2, 0.25) is 106 Å². The molecule has 782 valence electrons. The average molecular weight is 1950 g/mol. The van der Waals surface area contributed by atoms with Gasteiger partial charge in [-0.3, -0.25) is 86.3 Å². The molecule has 18 amide bonds. The lowest BCUT2D eigenvalue weighted by Crippen LogP contribution is -2.60. The summed E-state index contributed by atoms with van der Waals surface area (Å²) in [4.78, 5) is 256. The average Bonchev–Trinajstić information content (AvgIpc) is 1.69. The Labute approximate surface area is 814 Å². The second kappa shape index (κ2) is 65.0. The monoisotopic (exact) mass is 1950 g/mol. The summed E-state index contributed by atoms with van der Waals surface area (Å²) in [6.07, 6.45) is 7.02. The Balaban J connectivity index is 2.38. The summed E-state index contributed by atoms with van der Waals surface area (Å²) in [7, 11) is 0. The number of benzene rings is 1. The third kappa shape index (κ3) is 47.1. The molecule has 0 radical (unpaired) electrons. The number of rotatable bonds is 69. The number of unbranched alkanes of at least 4 members (excludes halogenated alkanes) is 5. The topological polar surface area (TPSA) is 710 Å². The number of hydrogen-bond acceptors (Lipinski definition) is 24. The van der Waals surface area contributed by atoms with Crippen LogP contribution in [0.2, 0.25) is 0 Å². The number of amides is 18. The van der Waals surface area contributed by atoms with Crippen LogP contribution in [0.5, 0.6) is 0 Å². The van der Waals surface area contributed by atoms with Crippen LogP contribution in [0.3, 0.4) is 0 Å². The van der Waals surface area contributed by atoms with Gasteiger partial charge in [-0.25, -0.2) is 0 Å². The second-order valence-corrected chi connectivity index (χ2v) is 38.8. The molecule has 1 aromatic carbocycles. The Kier molecular flexibility index (Phi) is 58.0. The van der Waals surface area contributed by atoms with Gasteiger partial charge < -0.3 is 136 Å². The predicted molar refractivity (Wildman–Crippen MR) is 527 cm³/mol. The van der Waals surface area contributed by atoms with E-state index >= 15 is 0 Å². The van der Waals surface area contributed by atoms with E-state index in [1.807, 2.05) is 45.9 Å². The van der Waals surface area contributed by atoms with Crippen molar-refractivity contribution in [1.82, 2.24) is 95.4 Å². The molecule has 1 heterocycles. The van der Waals surface area contributed by atoms with Crippen molar-refractivity contribution in [1.29, 1.82) is 0 Å². The molecule has 0 saturated carbocycles. The first-order valence-corrected chi connectivity index (χ1v) is 49.2. The Morgan fingerprint density at radius 3 is 0.725 bits per heavy atom. The summed E-state index contributed by atoms with van der Waals surface area (Å²) in [6.45, 7) is 31.4. The van der Waals surface area contributed by atoms with Crippen LogP contribution in [-0.2, 0) is 92.7 Å².